The average Bonchev–Trinajstić information content (AvgIpc) is 3.39. The molecule has 2 aromatic heterocycles. The Bertz CT molecular complexity index is 923. The molecule has 31 heavy (non-hydrogen) atoms. The molecule has 2 aromatic rings. The zero-order valence-corrected chi connectivity index (χ0v) is 19.9. The van der Waals surface area contributed by atoms with Crippen LogP contribution in [0.3, 0.4) is 0 Å². The molecule has 1 atom stereocenters. The van der Waals surface area contributed by atoms with Crippen LogP contribution in [0.15, 0.2) is 20.6 Å². The van der Waals surface area contributed by atoms with E-state index in [1.807, 2.05) is 17.7 Å². The van der Waals surface area contributed by atoms with Crippen molar-refractivity contribution in [2.75, 3.05) is 48.8 Å². The number of aromatic nitrogens is 2. The van der Waals surface area contributed by atoms with Crippen LogP contribution >= 0.6 is 11.3 Å². The molecule has 0 spiro atoms. The monoisotopic (exact) mass is 462 g/mol. The van der Waals surface area contributed by atoms with Crippen molar-refractivity contribution in [2.45, 2.75) is 55.4 Å². The van der Waals surface area contributed by atoms with E-state index in [1.165, 1.54) is 31.1 Å². The molecule has 1 amide bonds. The summed E-state index contributed by atoms with van der Waals surface area (Å²) in [4.78, 5) is 26.9. The number of nitrogens with zero attached hydrogens (tertiary/aromatic N) is 4. The highest BCUT2D eigenvalue weighted by Crippen LogP contribution is 2.37. The first-order chi connectivity index (χ1) is 14.9. The molecule has 10 heteroatoms. The molecule has 0 radical (unpaired) electrons. The smallest absolute Gasteiger partial charge is 0.227 e. The number of hydrogen-bond donors (Lipinski definition) is 2. The summed E-state index contributed by atoms with van der Waals surface area (Å²) in [7, 11) is 2.12. The Morgan fingerprint density at radius 2 is 1.90 bits per heavy atom. The molecule has 2 aliphatic rings. The van der Waals surface area contributed by atoms with Gasteiger partial charge >= 0.3 is 0 Å². The molecule has 0 bridgehead atoms. The fourth-order valence-electron chi connectivity index (χ4n) is 4.10. The summed E-state index contributed by atoms with van der Waals surface area (Å²) in [6.07, 6.45) is 4.58. The third-order valence-electron chi connectivity index (χ3n) is 5.83. The number of carbonyl (C=O) groups excluding carboxylic acids is 1. The lowest BCUT2D eigenvalue weighted by atomic mass is 10.2. The highest BCUT2D eigenvalue weighted by molar-refractivity contribution is 7.92. The van der Waals surface area contributed by atoms with E-state index in [4.69, 9.17) is 9.97 Å². The first-order valence-electron chi connectivity index (χ1n) is 10.8. The number of thiophene rings is 1. The Balaban J connectivity index is 1.70. The number of aryl methyl sites for hydroxylation is 1. The number of amides is 1. The Labute approximate surface area is 190 Å². The Morgan fingerprint density at radius 3 is 2.58 bits per heavy atom. The van der Waals surface area contributed by atoms with E-state index in [0.29, 0.717) is 39.0 Å². The molecule has 8 nitrogen and oxygen atoms in total. The van der Waals surface area contributed by atoms with Gasteiger partial charge in [0, 0.05) is 61.1 Å². The van der Waals surface area contributed by atoms with Gasteiger partial charge < -0.3 is 25.0 Å². The number of nitrogens with one attached hydrogen (secondary N) is 2. The molecular formula is C21H30N6O2S2. The van der Waals surface area contributed by atoms with Crippen LogP contribution in [0, 0.1) is 6.92 Å². The zero-order valence-electron chi connectivity index (χ0n) is 18.3. The molecule has 2 N–H and O–H groups in total. The second-order valence-electron chi connectivity index (χ2n) is 8.30. The molecule has 0 aromatic carbocycles. The minimum absolute atomic E-state index is 0.181. The van der Waals surface area contributed by atoms with Gasteiger partial charge in [-0.1, -0.05) is 12.8 Å². The highest BCUT2D eigenvalue weighted by atomic mass is 32.2. The van der Waals surface area contributed by atoms with Crippen molar-refractivity contribution >= 4 is 45.9 Å². The van der Waals surface area contributed by atoms with Gasteiger partial charge in [0.05, 0.1) is 0 Å². The molecule has 2 fully saturated rings. The lowest BCUT2D eigenvalue weighted by molar-refractivity contribution is -0.114. The van der Waals surface area contributed by atoms with Crippen LogP contribution in [-0.4, -0.2) is 64.6 Å². The van der Waals surface area contributed by atoms with Gasteiger partial charge in [0.25, 0.3) is 0 Å². The molecule has 4 rings (SSSR count). The van der Waals surface area contributed by atoms with E-state index in [9.17, 15) is 9.35 Å². The standard InChI is InChI=1S/C21H30N6O2S2/c1-14-19(31(29)18-13-30-12-17(18)23-15(2)28)20(24-16-6-4-5-7-16)25-21(22-14)27-10-8-26(3)9-11-27/h12-13,16H,4-11H2,1-3H3,(H,23,28)(H,22,24,25). The van der Waals surface area contributed by atoms with Crippen molar-refractivity contribution in [3.8, 4) is 0 Å². The molecule has 1 aliphatic heterocycles. The maximum absolute atomic E-state index is 13.7. The predicted molar refractivity (Wildman–Crippen MR) is 126 cm³/mol. The van der Waals surface area contributed by atoms with Crippen LogP contribution in [-0.2, 0) is 16.0 Å². The quantitative estimate of drug-likeness (QED) is 0.637. The third kappa shape index (κ3) is 5.14. The van der Waals surface area contributed by atoms with E-state index in [0.717, 1.165) is 39.0 Å². The van der Waals surface area contributed by atoms with Gasteiger partial charge in [0.2, 0.25) is 16.8 Å². The van der Waals surface area contributed by atoms with Crippen molar-refractivity contribution in [1.82, 2.24) is 14.9 Å². The first-order valence-corrected chi connectivity index (χ1v) is 12.9. The van der Waals surface area contributed by atoms with Gasteiger partial charge in [0.15, 0.2) is 10.7 Å². The van der Waals surface area contributed by atoms with Crippen molar-refractivity contribution in [2.24, 2.45) is 0 Å². The lowest BCUT2D eigenvalue weighted by Crippen LogP contribution is -2.45. The van der Waals surface area contributed by atoms with Gasteiger partial charge in [-0.15, -0.1) is 11.3 Å². The van der Waals surface area contributed by atoms with Crippen molar-refractivity contribution in [1.29, 1.82) is 0 Å². The van der Waals surface area contributed by atoms with Crippen LogP contribution in [0.2, 0.25) is 0 Å². The third-order valence-corrected chi connectivity index (χ3v) is 8.32. The predicted octanol–water partition coefficient (Wildman–Crippen LogP) is 3.08. The Kier molecular flexibility index (Phi) is 7.00. The molecule has 1 saturated heterocycles. The fraction of sp³-hybridized carbons (Fsp3) is 0.571. The highest BCUT2D eigenvalue weighted by Gasteiger charge is 2.31. The number of piperazine rings is 1. The minimum Gasteiger partial charge on any atom is -0.606 e. The molecule has 168 valence electrons. The maximum Gasteiger partial charge on any atom is 0.227 e. The summed E-state index contributed by atoms with van der Waals surface area (Å²) in [5.74, 6) is 1.17. The van der Waals surface area contributed by atoms with Crippen molar-refractivity contribution in [3.05, 3.63) is 16.5 Å². The number of hydrogen-bond acceptors (Lipinski definition) is 8. The van der Waals surface area contributed by atoms with Crippen molar-refractivity contribution in [3.63, 3.8) is 0 Å². The van der Waals surface area contributed by atoms with Gasteiger partial charge in [-0.3, -0.25) is 4.79 Å². The van der Waals surface area contributed by atoms with Crippen LogP contribution in [0.1, 0.15) is 38.3 Å². The molecule has 1 saturated carbocycles. The molecule has 1 aliphatic carbocycles. The summed E-state index contributed by atoms with van der Waals surface area (Å²) < 4.78 is 13.7. The largest absolute Gasteiger partial charge is 0.606 e. The number of anilines is 3. The first kappa shape index (κ1) is 22.3. The second kappa shape index (κ2) is 9.72. The van der Waals surface area contributed by atoms with Gasteiger partial charge in [-0.2, -0.15) is 4.98 Å². The number of rotatable bonds is 6. The van der Waals surface area contributed by atoms with Gasteiger partial charge in [0.1, 0.15) is 11.4 Å². The fourth-order valence-corrected chi connectivity index (χ4v) is 6.45. The normalized spacial score (nSPS) is 18.9. The van der Waals surface area contributed by atoms with E-state index in [-0.39, 0.29) is 5.91 Å². The lowest BCUT2D eigenvalue weighted by Gasteiger charge is -2.33. The van der Waals surface area contributed by atoms with Gasteiger partial charge in [-0.25, -0.2) is 4.98 Å². The average molecular weight is 463 g/mol. The van der Waals surface area contributed by atoms with E-state index < -0.39 is 11.2 Å². The minimum atomic E-state index is -1.50. The van der Waals surface area contributed by atoms with E-state index in [2.05, 4.69) is 27.5 Å². The number of likely N-dealkylation sites (N-methyl/N-ethyl adjacent to an activating group) is 1. The summed E-state index contributed by atoms with van der Waals surface area (Å²) in [6.45, 7) is 7.04. The number of carbonyl (C=O) groups is 1. The summed E-state index contributed by atoms with van der Waals surface area (Å²) in [5.41, 5.74) is 1.30. The van der Waals surface area contributed by atoms with Crippen LogP contribution in [0.25, 0.3) is 0 Å². The van der Waals surface area contributed by atoms with E-state index >= 15 is 0 Å². The molecule has 1 unspecified atom stereocenters. The molecular weight excluding hydrogens is 432 g/mol. The Hall–Kier alpha value is -1.88. The summed E-state index contributed by atoms with van der Waals surface area (Å²) in [6, 6.07) is 0.336. The summed E-state index contributed by atoms with van der Waals surface area (Å²) >= 11 is -0.0842. The second-order valence-corrected chi connectivity index (χ2v) is 10.4. The van der Waals surface area contributed by atoms with Crippen molar-refractivity contribution < 1.29 is 9.35 Å². The van der Waals surface area contributed by atoms with Gasteiger partial charge in [-0.05, 0) is 26.8 Å². The van der Waals surface area contributed by atoms with Crippen LogP contribution in [0.5, 0.6) is 0 Å². The Morgan fingerprint density at radius 1 is 1.19 bits per heavy atom. The zero-order chi connectivity index (χ0) is 22.0. The SMILES string of the molecule is CC(=O)Nc1cscc1[S+]([O-])c1c(C)nc(N2CCN(C)CC2)nc1NC1CCCC1. The van der Waals surface area contributed by atoms with Crippen LogP contribution in [0.4, 0.5) is 17.5 Å². The van der Waals surface area contributed by atoms with Crippen LogP contribution < -0.4 is 15.5 Å². The topological polar surface area (TPSA) is 96.4 Å². The maximum atomic E-state index is 13.7. The molecule has 3 heterocycles. The van der Waals surface area contributed by atoms with E-state index in [1.54, 1.807) is 0 Å². The summed E-state index contributed by atoms with van der Waals surface area (Å²) in [5, 5.41) is 10.0.